The Hall–Kier alpha value is -5.69. The van der Waals surface area contributed by atoms with Crippen molar-refractivity contribution in [3.8, 4) is 57.5 Å². The fourth-order valence-electron chi connectivity index (χ4n) is 5.97. The van der Waals surface area contributed by atoms with Crippen molar-refractivity contribution in [2.24, 2.45) is 0 Å². The summed E-state index contributed by atoms with van der Waals surface area (Å²) in [5.41, 5.74) is 1.71. The van der Waals surface area contributed by atoms with Crippen LogP contribution in [-0.4, -0.2) is 79.5 Å². The predicted molar refractivity (Wildman–Crippen MR) is 204 cm³/mol. The first kappa shape index (κ1) is 40.1. The van der Waals surface area contributed by atoms with Crippen LogP contribution >= 0.6 is 0 Å². The average Bonchev–Trinajstić information content (AvgIpc) is 3.19. The zero-order valence-corrected chi connectivity index (χ0v) is 32.4. The molecule has 2 atom stereocenters. The highest BCUT2D eigenvalue weighted by Crippen LogP contribution is 2.47. The minimum absolute atomic E-state index is 0.268. The van der Waals surface area contributed by atoms with E-state index in [0.29, 0.717) is 56.8 Å². The molecule has 0 aliphatic heterocycles. The zero-order chi connectivity index (χ0) is 38.7. The molecule has 284 valence electrons. The molecular formula is C40H46O12S. The van der Waals surface area contributed by atoms with Crippen LogP contribution in [0.15, 0.2) is 72.8 Å². The molecule has 0 bridgehead atoms. The first-order valence-corrected chi connectivity index (χ1v) is 17.8. The Morgan fingerprint density at radius 1 is 0.415 bits per heavy atom. The molecule has 0 fully saturated rings. The summed E-state index contributed by atoms with van der Waals surface area (Å²) in [4.78, 5) is 0. The van der Waals surface area contributed by atoms with Crippen molar-refractivity contribution in [1.82, 2.24) is 0 Å². The normalized spacial score (nSPS) is 12.6. The van der Waals surface area contributed by atoms with Crippen LogP contribution in [0.4, 0.5) is 0 Å². The molecule has 4 aromatic rings. The van der Waals surface area contributed by atoms with Gasteiger partial charge in [-0.3, -0.25) is 0 Å². The van der Waals surface area contributed by atoms with Crippen molar-refractivity contribution < 1.29 is 55.8 Å². The van der Waals surface area contributed by atoms with Gasteiger partial charge in [0, 0.05) is 0 Å². The maximum absolute atomic E-state index is 15.5. The molecule has 0 amide bonds. The fourth-order valence-corrected chi connectivity index (χ4v) is 7.91. The van der Waals surface area contributed by atoms with Gasteiger partial charge in [-0.15, -0.1) is 0 Å². The van der Waals surface area contributed by atoms with E-state index in [0.717, 1.165) is 0 Å². The standard InChI is InChI=1S/C40H46O12S/c1-43-29-13-11-14-30(44-2)27(29)17-19-37(25-21-33(47-5)39(51-9)34(22-25)48-6)53(41,42)38(20-18-28-31(45-3)15-12-16-32(28)46-4)26-23-35(49-7)40(52-10)36(24-26)50-8/h11-24,37-38H,1-10H3/b19-17+,20-18+. The molecular weight excluding hydrogens is 704 g/mol. The van der Waals surface area contributed by atoms with Crippen molar-refractivity contribution >= 4 is 22.0 Å². The second-order valence-electron chi connectivity index (χ2n) is 11.2. The summed E-state index contributed by atoms with van der Waals surface area (Å²) in [6.07, 6.45) is 6.45. The minimum Gasteiger partial charge on any atom is -0.496 e. The van der Waals surface area contributed by atoms with Crippen LogP contribution in [0.3, 0.4) is 0 Å². The number of rotatable bonds is 18. The van der Waals surface area contributed by atoms with E-state index >= 15 is 8.42 Å². The lowest BCUT2D eigenvalue weighted by Gasteiger charge is -2.24. The van der Waals surface area contributed by atoms with Gasteiger partial charge in [-0.25, -0.2) is 8.42 Å². The van der Waals surface area contributed by atoms with Crippen molar-refractivity contribution in [3.63, 3.8) is 0 Å². The second kappa shape index (κ2) is 18.2. The summed E-state index contributed by atoms with van der Waals surface area (Å²) in [5.74, 6) is 3.58. The number of sulfone groups is 1. The highest BCUT2D eigenvalue weighted by atomic mass is 32.2. The van der Waals surface area contributed by atoms with E-state index in [9.17, 15) is 0 Å². The van der Waals surface area contributed by atoms with Gasteiger partial charge < -0.3 is 47.4 Å². The summed E-state index contributed by atoms with van der Waals surface area (Å²) in [7, 11) is 10.5. The number of ether oxygens (including phenoxy) is 10. The van der Waals surface area contributed by atoms with Crippen molar-refractivity contribution in [2.75, 3.05) is 71.1 Å². The molecule has 0 heterocycles. The third-order valence-corrected chi connectivity index (χ3v) is 10.8. The van der Waals surface area contributed by atoms with Gasteiger partial charge in [0.1, 0.15) is 33.5 Å². The molecule has 4 rings (SSSR count). The topological polar surface area (TPSA) is 126 Å². The summed E-state index contributed by atoms with van der Waals surface area (Å²) < 4.78 is 87.3. The highest BCUT2D eigenvalue weighted by Gasteiger charge is 2.36. The minimum atomic E-state index is -4.37. The first-order valence-electron chi connectivity index (χ1n) is 16.2. The maximum Gasteiger partial charge on any atom is 0.203 e. The van der Waals surface area contributed by atoms with E-state index in [-0.39, 0.29) is 23.0 Å². The number of hydrogen-bond donors (Lipinski definition) is 0. The Bertz CT molecular complexity index is 1800. The maximum atomic E-state index is 15.5. The molecule has 12 nitrogen and oxygen atoms in total. The molecule has 0 spiro atoms. The predicted octanol–water partition coefficient (Wildman–Crippen LogP) is 7.40. The number of hydrogen-bond acceptors (Lipinski definition) is 12. The van der Waals surface area contributed by atoms with Gasteiger partial charge in [-0.05, 0) is 71.8 Å². The Balaban J connectivity index is 2.11. The van der Waals surface area contributed by atoms with Gasteiger partial charge in [-0.1, -0.05) is 24.3 Å². The fraction of sp³-hybridized carbons (Fsp3) is 0.300. The van der Waals surface area contributed by atoms with Crippen molar-refractivity contribution in [1.29, 1.82) is 0 Å². The van der Waals surface area contributed by atoms with Crippen LogP contribution in [0.25, 0.3) is 12.2 Å². The third-order valence-electron chi connectivity index (χ3n) is 8.55. The summed E-state index contributed by atoms with van der Waals surface area (Å²) in [6.45, 7) is 0. The van der Waals surface area contributed by atoms with E-state index in [1.54, 1.807) is 85.0 Å². The van der Waals surface area contributed by atoms with Gasteiger partial charge in [0.25, 0.3) is 0 Å². The Labute approximate surface area is 311 Å². The Kier molecular flexibility index (Phi) is 13.8. The van der Waals surface area contributed by atoms with E-state index in [4.69, 9.17) is 47.4 Å². The van der Waals surface area contributed by atoms with Crippen molar-refractivity contribution in [3.05, 3.63) is 95.1 Å². The molecule has 0 aromatic heterocycles. The van der Waals surface area contributed by atoms with Gasteiger partial charge in [0.2, 0.25) is 11.5 Å². The number of benzene rings is 4. The lowest BCUT2D eigenvalue weighted by molar-refractivity contribution is 0.323. The molecule has 0 saturated carbocycles. The first-order chi connectivity index (χ1) is 25.6. The van der Waals surface area contributed by atoms with Gasteiger partial charge >= 0.3 is 0 Å². The molecule has 2 unspecified atom stereocenters. The summed E-state index contributed by atoms with van der Waals surface area (Å²) in [5, 5.41) is -2.67. The summed E-state index contributed by atoms with van der Waals surface area (Å²) in [6, 6.07) is 17.0. The molecule has 0 saturated heterocycles. The zero-order valence-electron chi connectivity index (χ0n) is 31.5. The lowest BCUT2D eigenvalue weighted by Crippen LogP contribution is -2.19. The Morgan fingerprint density at radius 2 is 0.679 bits per heavy atom. The van der Waals surface area contributed by atoms with Crippen LogP contribution in [0.5, 0.6) is 57.5 Å². The third kappa shape index (κ3) is 8.36. The van der Waals surface area contributed by atoms with Crippen molar-refractivity contribution in [2.45, 2.75) is 10.5 Å². The molecule has 13 heteroatoms. The van der Waals surface area contributed by atoms with Gasteiger partial charge in [0.15, 0.2) is 32.8 Å². The van der Waals surface area contributed by atoms with E-state index < -0.39 is 20.3 Å². The smallest absolute Gasteiger partial charge is 0.203 e. The molecule has 0 aliphatic rings. The largest absolute Gasteiger partial charge is 0.496 e. The molecule has 53 heavy (non-hydrogen) atoms. The van der Waals surface area contributed by atoms with Crippen LogP contribution in [0, 0.1) is 0 Å². The van der Waals surface area contributed by atoms with E-state index in [1.807, 2.05) is 0 Å². The quantitative estimate of drug-likeness (QED) is 0.101. The van der Waals surface area contributed by atoms with Crippen LogP contribution in [-0.2, 0) is 9.84 Å². The number of methoxy groups -OCH3 is 10. The SMILES string of the molecule is COc1cccc(OC)c1/C=C/C(c1cc(OC)c(OC)c(OC)c1)S(=O)(=O)C(/C=C/c1c(OC)cccc1OC)c1cc(OC)c(OC)c(OC)c1. The Morgan fingerprint density at radius 3 is 0.906 bits per heavy atom. The van der Waals surface area contributed by atoms with E-state index in [2.05, 4.69) is 0 Å². The molecule has 0 aliphatic carbocycles. The molecule has 0 radical (unpaired) electrons. The van der Waals surface area contributed by atoms with Gasteiger partial charge in [-0.2, -0.15) is 0 Å². The second-order valence-corrected chi connectivity index (χ2v) is 13.4. The molecule has 4 aromatic carbocycles. The van der Waals surface area contributed by atoms with Gasteiger partial charge in [0.05, 0.1) is 82.2 Å². The lowest BCUT2D eigenvalue weighted by atomic mass is 10.1. The van der Waals surface area contributed by atoms with E-state index in [1.165, 1.54) is 71.1 Å². The van der Waals surface area contributed by atoms with Crippen LogP contribution in [0.2, 0.25) is 0 Å². The van der Waals surface area contributed by atoms with Crippen LogP contribution < -0.4 is 47.4 Å². The average molecular weight is 751 g/mol. The monoisotopic (exact) mass is 750 g/mol. The van der Waals surface area contributed by atoms with Crippen LogP contribution in [0.1, 0.15) is 32.8 Å². The highest BCUT2D eigenvalue weighted by molar-refractivity contribution is 7.92. The molecule has 0 N–H and O–H groups in total. The summed E-state index contributed by atoms with van der Waals surface area (Å²) >= 11 is 0.